The van der Waals surface area contributed by atoms with Crippen molar-refractivity contribution in [2.45, 2.75) is 20.8 Å². The molecule has 0 spiro atoms. The van der Waals surface area contributed by atoms with Crippen molar-refractivity contribution < 1.29 is 4.79 Å². The molecule has 0 aromatic carbocycles. The van der Waals surface area contributed by atoms with Gasteiger partial charge in [-0.3, -0.25) is 9.48 Å². The van der Waals surface area contributed by atoms with E-state index in [-0.39, 0.29) is 17.5 Å². The van der Waals surface area contributed by atoms with Crippen LogP contribution >= 0.6 is 0 Å². The molecule has 1 aromatic rings. The predicted molar refractivity (Wildman–Crippen MR) is 63.9 cm³/mol. The van der Waals surface area contributed by atoms with Gasteiger partial charge in [0.05, 0.1) is 5.69 Å². The second-order valence-corrected chi connectivity index (χ2v) is 4.18. The van der Waals surface area contributed by atoms with Crippen molar-refractivity contribution >= 4 is 5.91 Å². The quantitative estimate of drug-likeness (QED) is 0.803. The van der Waals surface area contributed by atoms with Gasteiger partial charge in [0.15, 0.2) is 0 Å². The lowest BCUT2D eigenvalue weighted by atomic mass is 10.2. The van der Waals surface area contributed by atoms with Gasteiger partial charge in [0, 0.05) is 7.05 Å². The topological polar surface area (TPSA) is 70.7 Å². The number of allylic oxidation sites excluding steroid dienone is 2. The summed E-state index contributed by atoms with van der Waals surface area (Å²) in [5, 5.41) is 15.5. The molecular weight excluding hydrogens is 216 g/mol. The Morgan fingerprint density at radius 2 is 2.29 bits per heavy atom. The van der Waals surface area contributed by atoms with Gasteiger partial charge in [-0.2, -0.15) is 10.4 Å². The van der Waals surface area contributed by atoms with E-state index >= 15 is 0 Å². The first-order valence-electron chi connectivity index (χ1n) is 5.38. The molecule has 0 saturated carbocycles. The Labute approximate surface area is 101 Å². The van der Waals surface area contributed by atoms with Crippen LogP contribution in [0, 0.1) is 24.2 Å². The van der Waals surface area contributed by atoms with Crippen LogP contribution in [0.4, 0.5) is 0 Å². The van der Waals surface area contributed by atoms with Crippen molar-refractivity contribution in [3.8, 4) is 6.07 Å². The summed E-state index contributed by atoms with van der Waals surface area (Å²) in [6.45, 7) is 5.70. The number of hydrogen-bond acceptors (Lipinski definition) is 3. The van der Waals surface area contributed by atoms with E-state index in [9.17, 15) is 4.79 Å². The van der Waals surface area contributed by atoms with E-state index in [0.29, 0.717) is 5.69 Å². The zero-order valence-electron chi connectivity index (χ0n) is 10.5. The maximum atomic E-state index is 11.9. The van der Waals surface area contributed by atoms with Gasteiger partial charge in [-0.1, -0.05) is 13.8 Å². The summed E-state index contributed by atoms with van der Waals surface area (Å²) in [5.41, 5.74) is 1.47. The summed E-state index contributed by atoms with van der Waals surface area (Å²) < 4.78 is 1.50. The largest absolute Gasteiger partial charge is 0.312 e. The Hall–Kier alpha value is -2.09. The molecule has 0 aliphatic carbocycles. The van der Waals surface area contributed by atoms with Crippen LogP contribution in [0.15, 0.2) is 17.8 Å². The molecule has 5 nitrogen and oxygen atoms in total. The van der Waals surface area contributed by atoms with Crippen molar-refractivity contribution in [1.82, 2.24) is 15.1 Å². The Balaban J connectivity index is 2.86. The summed E-state index contributed by atoms with van der Waals surface area (Å²) in [4.78, 5) is 11.9. The summed E-state index contributed by atoms with van der Waals surface area (Å²) in [6.07, 6.45) is 1.71. The van der Waals surface area contributed by atoms with E-state index in [1.807, 2.05) is 26.8 Å². The highest BCUT2D eigenvalue weighted by molar-refractivity contribution is 5.94. The fourth-order valence-corrected chi connectivity index (χ4v) is 1.45. The zero-order chi connectivity index (χ0) is 13.0. The summed E-state index contributed by atoms with van der Waals surface area (Å²) in [5.74, 6) is -0.111. The van der Waals surface area contributed by atoms with Gasteiger partial charge in [0.25, 0.3) is 5.91 Å². The minimum atomic E-state index is -0.318. The van der Waals surface area contributed by atoms with E-state index in [2.05, 4.69) is 10.4 Å². The number of rotatable bonds is 3. The molecule has 0 unspecified atom stereocenters. The molecule has 1 aromatic heterocycles. The molecule has 0 aliphatic heterocycles. The highest BCUT2D eigenvalue weighted by Crippen LogP contribution is 2.04. The molecule has 0 radical (unpaired) electrons. The third-order valence-electron chi connectivity index (χ3n) is 2.10. The first-order chi connectivity index (χ1) is 7.93. The average molecular weight is 232 g/mol. The fourth-order valence-electron chi connectivity index (χ4n) is 1.45. The third kappa shape index (κ3) is 3.45. The number of aryl methyl sites for hydroxylation is 2. The van der Waals surface area contributed by atoms with E-state index < -0.39 is 0 Å². The molecule has 0 fully saturated rings. The number of aromatic nitrogens is 2. The molecule has 1 N–H and O–H groups in total. The molecule has 17 heavy (non-hydrogen) atoms. The van der Waals surface area contributed by atoms with Crippen molar-refractivity contribution in [2.75, 3.05) is 0 Å². The predicted octanol–water partition coefficient (Wildman–Crippen LogP) is 1.52. The number of nitriles is 1. The van der Waals surface area contributed by atoms with Gasteiger partial charge >= 0.3 is 0 Å². The number of hydrogen-bond donors (Lipinski definition) is 1. The third-order valence-corrected chi connectivity index (χ3v) is 2.10. The molecule has 90 valence electrons. The monoisotopic (exact) mass is 232 g/mol. The molecule has 5 heteroatoms. The number of carbonyl (C=O) groups is 1. The lowest BCUT2D eigenvalue weighted by Crippen LogP contribution is -2.24. The molecule has 0 aliphatic rings. The van der Waals surface area contributed by atoms with Gasteiger partial charge in [-0.05, 0) is 25.0 Å². The molecule has 0 saturated heterocycles. The Bertz CT molecular complexity index is 491. The summed E-state index contributed by atoms with van der Waals surface area (Å²) in [6, 6.07) is 3.64. The van der Waals surface area contributed by atoms with Crippen LogP contribution in [-0.4, -0.2) is 15.7 Å². The van der Waals surface area contributed by atoms with Crippen molar-refractivity contribution in [2.24, 2.45) is 13.0 Å². The van der Waals surface area contributed by atoms with E-state index in [0.717, 1.165) is 5.69 Å². The van der Waals surface area contributed by atoms with Crippen LogP contribution in [0.5, 0.6) is 0 Å². The number of nitrogens with one attached hydrogen (secondary N) is 1. The Kier molecular flexibility index (Phi) is 4.05. The van der Waals surface area contributed by atoms with Crippen molar-refractivity contribution in [1.29, 1.82) is 5.26 Å². The van der Waals surface area contributed by atoms with E-state index in [4.69, 9.17) is 5.26 Å². The van der Waals surface area contributed by atoms with Crippen LogP contribution in [0.1, 0.15) is 30.0 Å². The van der Waals surface area contributed by atoms with E-state index in [1.165, 1.54) is 4.68 Å². The van der Waals surface area contributed by atoms with Gasteiger partial charge in [0.1, 0.15) is 17.5 Å². The zero-order valence-corrected chi connectivity index (χ0v) is 10.5. The van der Waals surface area contributed by atoms with Gasteiger partial charge in [0.2, 0.25) is 0 Å². The normalized spacial score (nSPS) is 11.4. The number of carbonyl (C=O) groups excluding carboxylic acids is 1. The molecule has 1 heterocycles. The summed E-state index contributed by atoms with van der Waals surface area (Å²) in [7, 11) is 1.69. The second kappa shape index (κ2) is 5.30. The highest BCUT2D eigenvalue weighted by atomic mass is 16.2. The van der Waals surface area contributed by atoms with E-state index in [1.54, 1.807) is 19.2 Å². The fraction of sp³-hybridized carbons (Fsp3) is 0.417. The van der Waals surface area contributed by atoms with Gasteiger partial charge < -0.3 is 5.32 Å². The second-order valence-electron chi connectivity index (χ2n) is 4.18. The average Bonchev–Trinajstić information content (AvgIpc) is 2.56. The standard InChI is InChI=1S/C12H16N4O/c1-8(2)5-10(7-13)14-12(17)11-6-9(3)15-16(11)4/h5-6,8H,1-4H3,(H,14,17)/b10-5-. The molecular formula is C12H16N4O. The van der Waals surface area contributed by atoms with Gasteiger partial charge in [-0.25, -0.2) is 0 Å². The smallest absolute Gasteiger partial charge is 0.274 e. The lowest BCUT2D eigenvalue weighted by molar-refractivity contribution is 0.0958. The van der Waals surface area contributed by atoms with Crippen LogP contribution < -0.4 is 5.32 Å². The van der Waals surface area contributed by atoms with Crippen molar-refractivity contribution in [3.05, 3.63) is 29.2 Å². The minimum absolute atomic E-state index is 0.207. The number of nitrogens with zero attached hydrogens (tertiary/aromatic N) is 3. The Morgan fingerprint density at radius 1 is 1.65 bits per heavy atom. The van der Waals surface area contributed by atoms with Crippen LogP contribution in [0.2, 0.25) is 0 Å². The first-order valence-corrected chi connectivity index (χ1v) is 5.38. The maximum Gasteiger partial charge on any atom is 0.274 e. The van der Waals surface area contributed by atoms with Crippen LogP contribution in [-0.2, 0) is 7.05 Å². The molecule has 1 rings (SSSR count). The summed E-state index contributed by atoms with van der Waals surface area (Å²) >= 11 is 0. The van der Waals surface area contributed by atoms with Crippen LogP contribution in [0.25, 0.3) is 0 Å². The highest BCUT2D eigenvalue weighted by Gasteiger charge is 2.12. The SMILES string of the molecule is Cc1cc(C(=O)N/C(C#N)=C\C(C)C)n(C)n1. The van der Waals surface area contributed by atoms with Crippen LogP contribution in [0.3, 0.4) is 0 Å². The minimum Gasteiger partial charge on any atom is -0.312 e. The lowest BCUT2D eigenvalue weighted by Gasteiger charge is -2.04. The first kappa shape index (κ1) is 13.0. The van der Waals surface area contributed by atoms with Gasteiger partial charge in [-0.15, -0.1) is 0 Å². The van der Waals surface area contributed by atoms with Crippen molar-refractivity contribution in [3.63, 3.8) is 0 Å². The number of amides is 1. The molecule has 0 bridgehead atoms. The molecule has 1 amide bonds. The molecule has 0 atom stereocenters. The Morgan fingerprint density at radius 3 is 2.71 bits per heavy atom. The maximum absolute atomic E-state index is 11.9.